The molecule has 1 saturated heterocycles. The summed E-state index contributed by atoms with van der Waals surface area (Å²) in [6, 6.07) is 14.3. The number of aryl methyl sites for hydroxylation is 1. The minimum atomic E-state index is -3.71. The van der Waals surface area contributed by atoms with E-state index in [0.717, 1.165) is 17.7 Å². The number of carbonyl (C=O) groups excluding carboxylic acids is 1. The number of benzene rings is 2. The number of nitrogens with one attached hydrogen (secondary N) is 2. The van der Waals surface area contributed by atoms with E-state index in [0.29, 0.717) is 18.7 Å². The van der Waals surface area contributed by atoms with E-state index in [2.05, 4.69) is 10.0 Å². The summed E-state index contributed by atoms with van der Waals surface area (Å²) in [7, 11) is -3.71. The fourth-order valence-corrected chi connectivity index (χ4v) is 4.19. The van der Waals surface area contributed by atoms with Crippen molar-refractivity contribution in [3.63, 3.8) is 0 Å². The number of piperazine rings is 1. The van der Waals surface area contributed by atoms with Gasteiger partial charge in [-0.15, -0.1) is 0 Å². The molecule has 1 unspecified atom stereocenters. The third-order valence-electron chi connectivity index (χ3n) is 4.71. The number of rotatable bonds is 5. The molecule has 0 aliphatic carbocycles. The molecular formula is C20H25N3O3S. The van der Waals surface area contributed by atoms with Gasteiger partial charge >= 0.3 is 0 Å². The first-order chi connectivity index (χ1) is 12.9. The smallest absolute Gasteiger partial charge is 0.254 e. The van der Waals surface area contributed by atoms with Crippen molar-refractivity contribution in [1.29, 1.82) is 0 Å². The lowest BCUT2D eigenvalue weighted by atomic mass is 10.1. The molecule has 0 saturated carbocycles. The van der Waals surface area contributed by atoms with Gasteiger partial charge in [0.25, 0.3) is 5.91 Å². The molecule has 1 fully saturated rings. The molecule has 27 heavy (non-hydrogen) atoms. The van der Waals surface area contributed by atoms with Crippen LogP contribution in [0.2, 0.25) is 0 Å². The second kappa shape index (κ2) is 8.21. The van der Waals surface area contributed by atoms with Crippen LogP contribution in [0.5, 0.6) is 0 Å². The minimum absolute atomic E-state index is 0.107. The van der Waals surface area contributed by atoms with Crippen molar-refractivity contribution in [3.05, 3.63) is 65.2 Å². The SMILES string of the molecule is Cc1ccc(S(=O)(=O)NCc2ccccc2)cc1C(=O)N1CCNC(C)C1. The fraction of sp³-hybridized carbons (Fsp3) is 0.350. The van der Waals surface area contributed by atoms with E-state index in [1.54, 1.807) is 17.0 Å². The van der Waals surface area contributed by atoms with E-state index < -0.39 is 10.0 Å². The molecule has 6 nitrogen and oxygen atoms in total. The van der Waals surface area contributed by atoms with Gasteiger partial charge in [-0.3, -0.25) is 4.79 Å². The highest BCUT2D eigenvalue weighted by Crippen LogP contribution is 2.18. The van der Waals surface area contributed by atoms with Crippen LogP contribution in [-0.2, 0) is 16.6 Å². The predicted molar refractivity (Wildman–Crippen MR) is 105 cm³/mol. The highest BCUT2D eigenvalue weighted by Gasteiger charge is 2.24. The van der Waals surface area contributed by atoms with Crippen molar-refractivity contribution in [2.45, 2.75) is 31.3 Å². The van der Waals surface area contributed by atoms with Crippen LogP contribution in [0.3, 0.4) is 0 Å². The molecule has 0 radical (unpaired) electrons. The zero-order valence-corrected chi connectivity index (χ0v) is 16.4. The summed E-state index contributed by atoms with van der Waals surface area (Å²) in [5.41, 5.74) is 2.08. The first kappa shape index (κ1) is 19.5. The summed E-state index contributed by atoms with van der Waals surface area (Å²) in [6.45, 7) is 6.03. The molecule has 3 rings (SSSR count). The molecule has 2 aromatic carbocycles. The lowest BCUT2D eigenvalue weighted by Gasteiger charge is -2.32. The van der Waals surface area contributed by atoms with Gasteiger partial charge in [-0.1, -0.05) is 36.4 Å². The zero-order valence-electron chi connectivity index (χ0n) is 15.6. The van der Waals surface area contributed by atoms with Gasteiger partial charge in [-0.25, -0.2) is 13.1 Å². The maximum atomic E-state index is 12.9. The number of nitrogens with zero attached hydrogens (tertiary/aromatic N) is 1. The molecule has 7 heteroatoms. The topological polar surface area (TPSA) is 78.5 Å². The largest absolute Gasteiger partial charge is 0.336 e. The first-order valence-electron chi connectivity index (χ1n) is 9.04. The Morgan fingerprint density at radius 1 is 1.22 bits per heavy atom. The van der Waals surface area contributed by atoms with E-state index in [-0.39, 0.29) is 23.4 Å². The molecule has 1 aliphatic rings. The standard InChI is InChI=1S/C20H25N3O3S/c1-15-8-9-18(27(25,26)22-13-17-6-4-3-5-7-17)12-19(15)20(24)23-11-10-21-16(2)14-23/h3-9,12,16,21-22H,10-11,13-14H2,1-2H3. The van der Waals surface area contributed by atoms with Crippen molar-refractivity contribution in [2.75, 3.05) is 19.6 Å². The summed E-state index contributed by atoms with van der Waals surface area (Å²) in [4.78, 5) is 14.8. The molecule has 0 spiro atoms. The van der Waals surface area contributed by atoms with Crippen molar-refractivity contribution < 1.29 is 13.2 Å². The van der Waals surface area contributed by atoms with Gasteiger partial charge in [0.2, 0.25) is 10.0 Å². The summed E-state index contributed by atoms with van der Waals surface area (Å²) in [6.07, 6.45) is 0. The van der Waals surface area contributed by atoms with Crippen LogP contribution in [0.4, 0.5) is 0 Å². The zero-order chi connectivity index (χ0) is 19.4. The Morgan fingerprint density at radius 2 is 1.96 bits per heavy atom. The van der Waals surface area contributed by atoms with Crippen LogP contribution in [0, 0.1) is 6.92 Å². The quantitative estimate of drug-likeness (QED) is 0.822. The molecule has 1 amide bonds. The Balaban J connectivity index is 1.80. The van der Waals surface area contributed by atoms with Gasteiger partial charge in [0.1, 0.15) is 0 Å². The van der Waals surface area contributed by atoms with Gasteiger partial charge in [0, 0.05) is 37.8 Å². The molecular weight excluding hydrogens is 362 g/mol. The van der Waals surface area contributed by atoms with E-state index in [1.165, 1.54) is 6.07 Å². The maximum absolute atomic E-state index is 12.9. The van der Waals surface area contributed by atoms with Gasteiger partial charge in [0.05, 0.1) is 4.90 Å². The highest BCUT2D eigenvalue weighted by molar-refractivity contribution is 7.89. The Labute approximate surface area is 160 Å². The highest BCUT2D eigenvalue weighted by atomic mass is 32.2. The number of sulfonamides is 1. The van der Waals surface area contributed by atoms with Crippen molar-refractivity contribution in [2.24, 2.45) is 0 Å². The van der Waals surface area contributed by atoms with Gasteiger partial charge in [0.15, 0.2) is 0 Å². The second-order valence-electron chi connectivity index (χ2n) is 6.89. The molecule has 1 heterocycles. The summed E-state index contributed by atoms with van der Waals surface area (Å²) in [5.74, 6) is -0.124. The average Bonchev–Trinajstić information content (AvgIpc) is 2.67. The van der Waals surface area contributed by atoms with Crippen LogP contribution in [0.1, 0.15) is 28.4 Å². The molecule has 0 aromatic heterocycles. The summed E-state index contributed by atoms with van der Waals surface area (Å²) >= 11 is 0. The predicted octanol–water partition coefficient (Wildman–Crippen LogP) is 1.91. The Bertz CT molecular complexity index is 913. The van der Waals surface area contributed by atoms with Gasteiger partial charge in [-0.2, -0.15) is 0 Å². The molecule has 1 atom stereocenters. The van der Waals surface area contributed by atoms with Crippen molar-refractivity contribution in [1.82, 2.24) is 14.9 Å². The monoisotopic (exact) mass is 387 g/mol. The number of amides is 1. The molecule has 1 aliphatic heterocycles. The number of carbonyl (C=O) groups is 1. The Hall–Kier alpha value is -2.22. The van der Waals surface area contributed by atoms with Crippen molar-refractivity contribution in [3.8, 4) is 0 Å². The van der Waals surface area contributed by atoms with Crippen LogP contribution < -0.4 is 10.0 Å². The van der Waals surface area contributed by atoms with Crippen LogP contribution in [-0.4, -0.2) is 44.9 Å². The second-order valence-corrected chi connectivity index (χ2v) is 8.66. The lowest BCUT2D eigenvalue weighted by Crippen LogP contribution is -2.51. The minimum Gasteiger partial charge on any atom is -0.336 e. The summed E-state index contributed by atoms with van der Waals surface area (Å²) < 4.78 is 27.9. The lowest BCUT2D eigenvalue weighted by molar-refractivity contribution is 0.0708. The Kier molecular flexibility index (Phi) is 5.94. The van der Waals surface area contributed by atoms with E-state index >= 15 is 0 Å². The average molecular weight is 388 g/mol. The molecule has 2 N–H and O–H groups in total. The maximum Gasteiger partial charge on any atom is 0.254 e. The normalized spacial score (nSPS) is 17.7. The number of hydrogen-bond acceptors (Lipinski definition) is 4. The van der Waals surface area contributed by atoms with Gasteiger partial charge < -0.3 is 10.2 Å². The number of hydrogen-bond donors (Lipinski definition) is 2. The van der Waals surface area contributed by atoms with Crippen molar-refractivity contribution >= 4 is 15.9 Å². The first-order valence-corrected chi connectivity index (χ1v) is 10.5. The van der Waals surface area contributed by atoms with E-state index in [9.17, 15) is 13.2 Å². The van der Waals surface area contributed by atoms with Crippen LogP contribution in [0.25, 0.3) is 0 Å². The third-order valence-corrected chi connectivity index (χ3v) is 6.11. The van der Waals surface area contributed by atoms with Gasteiger partial charge in [-0.05, 0) is 37.1 Å². The van der Waals surface area contributed by atoms with Crippen LogP contribution in [0.15, 0.2) is 53.4 Å². The Morgan fingerprint density at radius 3 is 2.67 bits per heavy atom. The fourth-order valence-electron chi connectivity index (χ4n) is 3.14. The molecule has 2 aromatic rings. The van der Waals surface area contributed by atoms with E-state index in [4.69, 9.17) is 0 Å². The molecule has 144 valence electrons. The van der Waals surface area contributed by atoms with Crippen LogP contribution >= 0.6 is 0 Å². The molecule has 0 bridgehead atoms. The third kappa shape index (κ3) is 4.74. The summed E-state index contributed by atoms with van der Waals surface area (Å²) in [5, 5.41) is 3.30. The van der Waals surface area contributed by atoms with E-state index in [1.807, 2.05) is 44.2 Å².